The smallest absolute Gasteiger partial charge is 0.199 e. The fraction of sp³-hybridized carbons (Fsp3) is 0.0938. The first-order valence-corrected chi connectivity index (χ1v) is 13.6. The second-order valence-electron chi connectivity index (χ2n) is 9.63. The van der Waals surface area contributed by atoms with E-state index in [1.54, 1.807) is 50.2 Å². The molecule has 0 saturated carbocycles. The predicted molar refractivity (Wildman–Crippen MR) is 171 cm³/mol. The summed E-state index contributed by atoms with van der Waals surface area (Å²) < 4.78 is 29.8. The number of nitrogens with two attached hydrogens (primary N) is 2. The van der Waals surface area contributed by atoms with Gasteiger partial charge in [0, 0.05) is 35.3 Å². The van der Waals surface area contributed by atoms with E-state index in [0.717, 1.165) is 6.21 Å². The van der Waals surface area contributed by atoms with Crippen LogP contribution in [0, 0.1) is 71.0 Å². The number of nitrogen functional groups attached to an aromatic ring is 2. The zero-order chi connectivity index (χ0) is 34.1. The molecule has 0 aliphatic rings. The van der Waals surface area contributed by atoms with Crippen LogP contribution in [-0.4, -0.2) is 32.7 Å². The molecule has 232 valence electrons. The Kier molecular flexibility index (Phi) is 10.2. The first-order valence-electron chi connectivity index (χ1n) is 13.6. The van der Waals surface area contributed by atoms with Crippen LogP contribution in [0.25, 0.3) is 28.5 Å². The van der Waals surface area contributed by atoms with Gasteiger partial charge in [0.05, 0.1) is 29.8 Å². The summed E-state index contributed by atoms with van der Waals surface area (Å²) in [5.74, 6) is -0.157. The molecule has 2 heterocycles. The number of hydrogen-bond acceptors (Lipinski definition) is 13. The SMILES string of the molecule is Cc1c(C#N)cccc1-c1nc(N)c(F)c(C#CN/C(=C\C=N)CN/C=C(\N=N)c2nc(-c3cccc(C#N)c3C)nc(N)c2F)n1. The molecular weight excluding hydrogens is 604 g/mol. The minimum absolute atomic E-state index is 0.0266. The molecule has 0 amide bonds. The average Bonchev–Trinajstić information content (AvgIpc) is 3.06. The second kappa shape index (κ2) is 14.6. The molecule has 0 bridgehead atoms. The van der Waals surface area contributed by atoms with Crippen molar-refractivity contribution < 1.29 is 8.78 Å². The Labute approximate surface area is 267 Å². The minimum Gasteiger partial charge on any atom is -0.383 e. The monoisotopic (exact) mass is 629 g/mol. The largest absolute Gasteiger partial charge is 0.383 e. The first-order chi connectivity index (χ1) is 22.6. The van der Waals surface area contributed by atoms with E-state index in [1.165, 1.54) is 12.3 Å². The average molecular weight is 630 g/mol. The quantitative estimate of drug-likeness (QED) is 0.0658. The van der Waals surface area contributed by atoms with Gasteiger partial charge in [0.25, 0.3) is 0 Å². The van der Waals surface area contributed by atoms with Crippen LogP contribution in [0.4, 0.5) is 20.4 Å². The van der Waals surface area contributed by atoms with Gasteiger partial charge in [-0.15, -0.1) is 0 Å². The number of hydrogen-bond donors (Lipinski definition) is 6. The van der Waals surface area contributed by atoms with Crippen LogP contribution in [0.5, 0.6) is 0 Å². The summed E-state index contributed by atoms with van der Waals surface area (Å²) in [6.07, 6.45) is 3.54. The van der Waals surface area contributed by atoms with Crippen molar-refractivity contribution in [1.82, 2.24) is 30.6 Å². The van der Waals surface area contributed by atoms with Gasteiger partial charge in [-0.25, -0.2) is 29.9 Å². The number of nitriles is 2. The van der Waals surface area contributed by atoms with Gasteiger partial charge in [0.1, 0.15) is 11.4 Å². The summed E-state index contributed by atoms with van der Waals surface area (Å²) in [6, 6.07) is 16.6. The van der Waals surface area contributed by atoms with Crippen LogP contribution >= 0.6 is 0 Å². The van der Waals surface area contributed by atoms with Crippen molar-refractivity contribution in [3.05, 3.63) is 99.6 Å². The number of halogens is 2. The molecule has 13 nitrogen and oxygen atoms in total. The lowest BCUT2D eigenvalue weighted by molar-refractivity contribution is 0.614. The molecule has 2 aromatic carbocycles. The molecule has 15 heteroatoms. The summed E-state index contributed by atoms with van der Waals surface area (Å²) in [6.45, 7) is 3.38. The number of benzene rings is 2. The molecule has 47 heavy (non-hydrogen) atoms. The standard InChI is InChI=1S/C32H25F2N13/c1-17-19(13-36)5-3-7-22(17)31-43-24(26(33)29(38)45-31)10-12-42-21(9-11-35)15-41-16-25(47-40)28-27(34)30(39)46-32(44-28)23-8-4-6-20(14-37)18(23)2/h3-9,11,16,35,40-42H,15H2,1-2H3,(H2,38,43,45)(H2,39,44,46)/b21-9-,25-16-,35-11?,47-40?. The van der Waals surface area contributed by atoms with Crippen LogP contribution in [0.3, 0.4) is 0 Å². The fourth-order valence-electron chi connectivity index (χ4n) is 4.25. The van der Waals surface area contributed by atoms with Crippen molar-refractivity contribution in [2.75, 3.05) is 18.0 Å². The fourth-order valence-corrected chi connectivity index (χ4v) is 4.25. The van der Waals surface area contributed by atoms with E-state index in [4.69, 9.17) is 22.4 Å². The summed E-state index contributed by atoms with van der Waals surface area (Å²) in [7, 11) is 0. The number of nitrogens with zero attached hydrogens (tertiary/aromatic N) is 7. The maximum atomic E-state index is 15.0. The molecule has 0 aliphatic heterocycles. The zero-order valence-corrected chi connectivity index (χ0v) is 24.9. The van der Waals surface area contributed by atoms with Gasteiger partial charge in [-0.2, -0.15) is 20.0 Å². The lowest BCUT2D eigenvalue weighted by Crippen LogP contribution is -2.19. The molecule has 0 spiro atoms. The lowest BCUT2D eigenvalue weighted by Gasteiger charge is -2.11. The van der Waals surface area contributed by atoms with E-state index in [2.05, 4.69) is 59.8 Å². The molecule has 0 fully saturated rings. The Morgan fingerprint density at radius 3 is 2.04 bits per heavy atom. The number of rotatable bonds is 9. The van der Waals surface area contributed by atoms with Crippen molar-refractivity contribution in [3.8, 4) is 46.9 Å². The van der Waals surface area contributed by atoms with E-state index in [1.807, 2.05) is 0 Å². The highest BCUT2D eigenvalue weighted by atomic mass is 19.1. The van der Waals surface area contributed by atoms with Gasteiger partial charge in [0.2, 0.25) is 0 Å². The summed E-state index contributed by atoms with van der Waals surface area (Å²) in [4.78, 5) is 16.4. The van der Waals surface area contributed by atoms with Crippen molar-refractivity contribution in [3.63, 3.8) is 0 Å². The van der Waals surface area contributed by atoms with Crippen LogP contribution < -0.4 is 22.1 Å². The number of anilines is 2. The molecule has 2 aromatic heterocycles. The van der Waals surface area contributed by atoms with Crippen LogP contribution in [-0.2, 0) is 0 Å². The van der Waals surface area contributed by atoms with Crippen LogP contribution in [0.2, 0.25) is 0 Å². The van der Waals surface area contributed by atoms with E-state index in [-0.39, 0.29) is 35.3 Å². The molecule has 0 aliphatic carbocycles. The van der Waals surface area contributed by atoms with Gasteiger partial charge in [0.15, 0.2) is 40.6 Å². The Hall–Kier alpha value is -7.05. The molecule has 8 N–H and O–H groups in total. The third kappa shape index (κ3) is 7.20. The molecular formula is C32H25F2N13. The molecule has 0 atom stereocenters. The Morgan fingerprint density at radius 2 is 1.49 bits per heavy atom. The van der Waals surface area contributed by atoms with E-state index >= 15 is 4.39 Å². The zero-order valence-electron chi connectivity index (χ0n) is 24.9. The Balaban J connectivity index is 1.57. The number of allylic oxidation sites excluding steroid dienone is 1. The molecule has 0 unspecified atom stereocenters. The van der Waals surface area contributed by atoms with Gasteiger partial charge < -0.3 is 27.5 Å². The van der Waals surface area contributed by atoms with Gasteiger partial charge in [-0.05, 0) is 49.1 Å². The van der Waals surface area contributed by atoms with Crippen LogP contribution in [0.1, 0.15) is 33.6 Å². The van der Waals surface area contributed by atoms with E-state index in [0.29, 0.717) is 39.1 Å². The van der Waals surface area contributed by atoms with Gasteiger partial charge >= 0.3 is 0 Å². The maximum Gasteiger partial charge on any atom is 0.199 e. The molecule has 0 radical (unpaired) electrons. The van der Waals surface area contributed by atoms with Gasteiger partial charge in [-0.1, -0.05) is 24.3 Å². The number of aromatic nitrogens is 4. The molecule has 0 saturated heterocycles. The van der Waals surface area contributed by atoms with Crippen molar-refractivity contribution in [2.24, 2.45) is 5.11 Å². The summed E-state index contributed by atoms with van der Waals surface area (Å²) in [5.41, 5.74) is 21.5. The summed E-state index contributed by atoms with van der Waals surface area (Å²) >= 11 is 0. The van der Waals surface area contributed by atoms with Crippen molar-refractivity contribution >= 4 is 23.5 Å². The predicted octanol–water partition coefficient (Wildman–Crippen LogP) is 4.45. The second-order valence-corrected chi connectivity index (χ2v) is 9.63. The Bertz CT molecular complexity index is 2110. The Morgan fingerprint density at radius 1 is 0.915 bits per heavy atom. The summed E-state index contributed by atoms with van der Waals surface area (Å²) in [5, 5.41) is 35.1. The lowest BCUT2D eigenvalue weighted by atomic mass is 10.0. The molecule has 4 rings (SSSR count). The third-order valence-electron chi connectivity index (χ3n) is 6.73. The maximum absolute atomic E-state index is 15.0. The minimum atomic E-state index is -0.994. The van der Waals surface area contributed by atoms with Crippen molar-refractivity contribution in [2.45, 2.75) is 13.8 Å². The van der Waals surface area contributed by atoms with E-state index < -0.39 is 23.3 Å². The highest BCUT2D eigenvalue weighted by Crippen LogP contribution is 2.28. The third-order valence-corrected chi connectivity index (χ3v) is 6.73. The number of nitrogens with one attached hydrogen (secondary N) is 4. The van der Waals surface area contributed by atoms with Crippen molar-refractivity contribution in [1.29, 1.82) is 21.5 Å². The van der Waals surface area contributed by atoms with E-state index in [9.17, 15) is 14.9 Å². The highest BCUT2D eigenvalue weighted by Gasteiger charge is 2.19. The highest BCUT2D eigenvalue weighted by molar-refractivity contribution is 5.71. The normalized spacial score (nSPS) is 11.0. The first kappa shape index (κ1) is 32.9. The molecule has 4 aromatic rings. The van der Waals surface area contributed by atoms with Crippen LogP contribution in [0.15, 0.2) is 59.5 Å². The topological polar surface area (TPSA) is 235 Å². The van der Waals surface area contributed by atoms with Gasteiger partial charge in [-0.3, -0.25) is 0 Å².